The average molecular weight is 188 g/mol. The monoisotopic (exact) mass is 188 g/mol. The van der Waals surface area contributed by atoms with Crippen LogP contribution >= 0.6 is 0 Å². The third-order valence-electron chi connectivity index (χ3n) is 2.39. The Morgan fingerprint density at radius 1 is 1.14 bits per heavy atom. The van der Waals surface area contributed by atoms with Crippen LogP contribution in [0.2, 0.25) is 0 Å². The van der Waals surface area contributed by atoms with Crippen molar-refractivity contribution in [2.45, 2.75) is 27.2 Å². The van der Waals surface area contributed by atoms with E-state index in [4.69, 9.17) is 5.26 Å². The first kappa shape index (κ1) is 10.6. The number of hydrogen-bond donors (Lipinski definition) is 1. The van der Waals surface area contributed by atoms with Crippen LogP contribution in [0.1, 0.15) is 23.1 Å². The third-order valence-corrected chi connectivity index (χ3v) is 2.39. The lowest BCUT2D eigenvalue weighted by Gasteiger charge is -2.10. The molecule has 0 aliphatic heterocycles. The quantitative estimate of drug-likeness (QED) is 0.740. The van der Waals surface area contributed by atoms with Crippen LogP contribution in [-0.2, 0) is 0 Å². The van der Waals surface area contributed by atoms with Gasteiger partial charge in [-0.05, 0) is 43.5 Å². The minimum Gasteiger partial charge on any atom is -0.384 e. The summed E-state index contributed by atoms with van der Waals surface area (Å²) in [6.45, 7) is 7.02. The predicted octanol–water partition coefficient (Wildman–Crippen LogP) is 2.94. The van der Waals surface area contributed by atoms with Crippen molar-refractivity contribution in [3.8, 4) is 6.07 Å². The highest BCUT2D eigenvalue weighted by molar-refractivity contribution is 5.54. The Hall–Kier alpha value is -1.49. The lowest BCUT2D eigenvalue weighted by molar-refractivity contribution is 1.07. The molecule has 0 fully saturated rings. The summed E-state index contributed by atoms with van der Waals surface area (Å²) < 4.78 is 0. The molecule has 1 rings (SSSR count). The van der Waals surface area contributed by atoms with Gasteiger partial charge < -0.3 is 5.32 Å². The van der Waals surface area contributed by atoms with Crippen LogP contribution in [0.3, 0.4) is 0 Å². The van der Waals surface area contributed by atoms with Crippen molar-refractivity contribution in [2.75, 3.05) is 11.9 Å². The van der Waals surface area contributed by atoms with Crippen molar-refractivity contribution >= 4 is 5.69 Å². The molecule has 0 unspecified atom stereocenters. The standard InChI is InChI=1S/C12H16N2/c1-9-7-11(3)12(8-10(9)2)14-6-4-5-13/h7-8,14H,4,6H2,1-3H3. The molecule has 1 aromatic carbocycles. The normalized spacial score (nSPS) is 9.57. The van der Waals surface area contributed by atoms with Gasteiger partial charge in [0, 0.05) is 12.2 Å². The summed E-state index contributed by atoms with van der Waals surface area (Å²) in [4.78, 5) is 0. The molecule has 0 aromatic heterocycles. The molecular formula is C12H16N2. The van der Waals surface area contributed by atoms with E-state index in [0.29, 0.717) is 6.42 Å². The average Bonchev–Trinajstić information content (AvgIpc) is 2.14. The van der Waals surface area contributed by atoms with Gasteiger partial charge >= 0.3 is 0 Å². The topological polar surface area (TPSA) is 35.8 Å². The van der Waals surface area contributed by atoms with Gasteiger partial charge in [-0.3, -0.25) is 0 Å². The van der Waals surface area contributed by atoms with Crippen molar-refractivity contribution < 1.29 is 0 Å². The van der Waals surface area contributed by atoms with Crippen molar-refractivity contribution in [2.24, 2.45) is 0 Å². The smallest absolute Gasteiger partial charge is 0.0640 e. The van der Waals surface area contributed by atoms with Gasteiger partial charge in [0.2, 0.25) is 0 Å². The summed E-state index contributed by atoms with van der Waals surface area (Å²) in [5.41, 5.74) is 4.98. The lowest BCUT2D eigenvalue weighted by atomic mass is 10.0. The Labute approximate surface area is 85.6 Å². The van der Waals surface area contributed by atoms with E-state index >= 15 is 0 Å². The molecule has 2 heteroatoms. The maximum Gasteiger partial charge on any atom is 0.0640 e. The van der Waals surface area contributed by atoms with Gasteiger partial charge in [-0.15, -0.1) is 0 Å². The first-order valence-corrected chi connectivity index (χ1v) is 4.84. The number of hydrogen-bond acceptors (Lipinski definition) is 2. The van der Waals surface area contributed by atoms with Crippen LogP contribution in [-0.4, -0.2) is 6.54 Å². The second-order valence-electron chi connectivity index (χ2n) is 3.59. The van der Waals surface area contributed by atoms with Crippen LogP contribution in [0.5, 0.6) is 0 Å². The maximum absolute atomic E-state index is 8.42. The third kappa shape index (κ3) is 2.50. The van der Waals surface area contributed by atoms with Crippen LogP contribution in [0.15, 0.2) is 12.1 Å². The molecule has 0 amide bonds. The van der Waals surface area contributed by atoms with Gasteiger partial charge in [0.05, 0.1) is 12.5 Å². The number of nitriles is 1. The summed E-state index contributed by atoms with van der Waals surface area (Å²) in [6, 6.07) is 6.43. The van der Waals surface area contributed by atoms with E-state index in [0.717, 1.165) is 12.2 Å². The summed E-state index contributed by atoms with van der Waals surface area (Å²) in [5.74, 6) is 0. The van der Waals surface area contributed by atoms with Gasteiger partial charge in [-0.25, -0.2) is 0 Å². The van der Waals surface area contributed by atoms with Crippen LogP contribution in [0.25, 0.3) is 0 Å². The van der Waals surface area contributed by atoms with Crippen molar-refractivity contribution in [1.82, 2.24) is 0 Å². The maximum atomic E-state index is 8.42. The largest absolute Gasteiger partial charge is 0.384 e. The van der Waals surface area contributed by atoms with E-state index in [2.05, 4.69) is 44.3 Å². The van der Waals surface area contributed by atoms with Crippen molar-refractivity contribution in [3.63, 3.8) is 0 Å². The molecule has 0 aliphatic rings. The highest BCUT2D eigenvalue weighted by Gasteiger charge is 2.00. The zero-order chi connectivity index (χ0) is 10.6. The molecule has 0 saturated carbocycles. The van der Waals surface area contributed by atoms with E-state index in [-0.39, 0.29) is 0 Å². The molecular weight excluding hydrogens is 172 g/mol. The van der Waals surface area contributed by atoms with Crippen LogP contribution < -0.4 is 5.32 Å². The lowest BCUT2D eigenvalue weighted by Crippen LogP contribution is -2.02. The molecule has 0 aliphatic carbocycles. The minimum absolute atomic E-state index is 0.548. The molecule has 2 nitrogen and oxygen atoms in total. The van der Waals surface area contributed by atoms with E-state index in [9.17, 15) is 0 Å². The Morgan fingerprint density at radius 3 is 2.43 bits per heavy atom. The number of nitrogens with zero attached hydrogens (tertiary/aromatic N) is 1. The molecule has 74 valence electrons. The fourth-order valence-corrected chi connectivity index (χ4v) is 1.40. The first-order chi connectivity index (χ1) is 6.65. The fourth-order valence-electron chi connectivity index (χ4n) is 1.40. The van der Waals surface area contributed by atoms with E-state index < -0.39 is 0 Å². The number of benzene rings is 1. The molecule has 14 heavy (non-hydrogen) atoms. The van der Waals surface area contributed by atoms with E-state index in [1.54, 1.807) is 0 Å². The molecule has 1 aromatic rings. The molecule has 0 radical (unpaired) electrons. The minimum atomic E-state index is 0.548. The van der Waals surface area contributed by atoms with E-state index in [1.807, 2.05) is 0 Å². The Balaban J connectivity index is 2.78. The number of nitrogens with one attached hydrogen (secondary N) is 1. The van der Waals surface area contributed by atoms with Crippen LogP contribution in [0, 0.1) is 32.1 Å². The van der Waals surface area contributed by atoms with Gasteiger partial charge in [-0.2, -0.15) is 5.26 Å². The van der Waals surface area contributed by atoms with Gasteiger partial charge in [0.15, 0.2) is 0 Å². The molecule has 1 N–H and O–H groups in total. The summed E-state index contributed by atoms with van der Waals surface area (Å²) in [6.07, 6.45) is 0.548. The second kappa shape index (κ2) is 4.66. The first-order valence-electron chi connectivity index (χ1n) is 4.84. The number of aryl methyl sites for hydroxylation is 3. The Kier molecular flexibility index (Phi) is 3.53. The highest BCUT2D eigenvalue weighted by atomic mass is 14.9. The molecule has 0 spiro atoms. The molecule has 0 saturated heterocycles. The summed E-state index contributed by atoms with van der Waals surface area (Å²) in [5, 5.41) is 11.7. The zero-order valence-corrected chi connectivity index (χ0v) is 9.02. The Bertz CT molecular complexity index is 361. The SMILES string of the molecule is Cc1cc(C)c(NCCC#N)cc1C. The zero-order valence-electron chi connectivity index (χ0n) is 9.02. The van der Waals surface area contributed by atoms with Crippen molar-refractivity contribution in [1.29, 1.82) is 5.26 Å². The molecule has 0 atom stereocenters. The van der Waals surface area contributed by atoms with E-state index in [1.165, 1.54) is 16.7 Å². The fraction of sp³-hybridized carbons (Fsp3) is 0.417. The number of rotatable bonds is 3. The highest BCUT2D eigenvalue weighted by Crippen LogP contribution is 2.19. The predicted molar refractivity (Wildman–Crippen MR) is 59.4 cm³/mol. The molecule has 0 bridgehead atoms. The second-order valence-corrected chi connectivity index (χ2v) is 3.59. The van der Waals surface area contributed by atoms with Crippen molar-refractivity contribution in [3.05, 3.63) is 28.8 Å². The van der Waals surface area contributed by atoms with Gasteiger partial charge in [-0.1, -0.05) is 6.07 Å². The van der Waals surface area contributed by atoms with Crippen LogP contribution in [0.4, 0.5) is 5.69 Å². The van der Waals surface area contributed by atoms with Gasteiger partial charge in [0.25, 0.3) is 0 Å². The summed E-state index contributed by atoms with van der Waals surface area (Å²) in [7, 11) is 0. The molecule has 0 heterocycles. The Morgan fingerprint density at radius 2 is 1.79 bits per heavy atom. The van der Waals surface area contributed by atoms with Gasteiger partial charge in [0.1, 0.15) is 0 Å². The number of anilines is 1. The summed E-state index contributed by atoms with van der Waals surface area (Å²) >= 11 is 0.